The average molecular weight is 559 g/mol. The van der Waals surface area contributed by atoms with Gasteiger partial charge in [-0.1, -0.05) is 48.5 Å². The smallest absolute Gasteiger partial charge is 0.331 e. The van der Waals surface area contributed by atoms with E-state index >= 15 is 0 Å². The first-order valence-corrected chi connectivity index (χ1v) is 8.88. The zero-order valence-corrected chi connectivity index (χ0v) is 22.2. The number of aliphatic imine (C=N–C) groups is 1. The van der Waals surface area contributed by atoms with Crippen LogP contribution in [0.15, 0.2) is 53.5 Å². The summed E-state index contributed by atoms with van der Waals surface area (Å²) in [6, 6.07) is 15.0. The summed E-state index contributed by atoms with van der Waals surface area (Å²) in [6.45, 7) is 8.94. The van der Waals surface area contributed by atoms with Crippen molar-refractivity contribution in [2.45, 2.75) is 38.3 Å². The van der Waals surface area contributed by atoms with Gasteiger partial charge in [-0.2, -0.15) is 0 Å². The summed E-state index contributed by atoms with van der Waals surface area (Å²) in [5.74, 6) is -0.711. The second-order valence-electron chi connectivity index (χ2n) is 7.48. The Hall–Kier alpha value is -1.47. The number of rotatable bonds is 4. The van der Waals surface area contributed by atoms with Crippen molar-refractivity contribution in [2.75, 3.05) is 6.61 Å². The van der Waals surface area contributed by atoms with Crippen LogP contribution in [0.3, 0.4) is 0 Å². The van der Waals surface area contributed by atoms with Crippen molar-refractivity contribution in [3.8, 4) is 11.1 Å². The molecule has 1 aliphatic rings. The number of benzene rings is 2. The molecule has 0 aliphatic heterocycles. The molecule has 151 valence electrons. The fourth-order valence-electron chi connectivity index (χ4n) is 3.18. The van der Waals surface area contributed by atoms with Gasteiger partial charge in [-0.05, 0) is 49.9 Å². The van der Waals surface area contributed by atoms with Crippen LogP contribution in [0.25, 0.3) is 11.1 Å². The molecule has 1 aliphatic carbocycles. The minimum Gasteiger partial charge on any atom is -0.599 e. The van der Waals surface area contributed by atoms with Crippen LogP contribution >= 0.6 is 24.0 Å². The van der Waals surface area contributed by atoms with Gasteiger partial charge in [0.25, 0.3) is 0 Å². The molecule has 7 heteroatoms. The van der Waals surface area contributed by atoms with Gasteiger partial charge in [0.05, 0.1) is 0 Å². The quantitative estimate of drug-likeness (QED) is 0.189. The summed E-state index contributed by atoms with van der Waals surface area (Å²) in [5.41, 5.74) is 3.86. The van der Waals surface area contributed by atoms with Crippen LogP contribution in [0.5, 0.6) is 0 Å². The van der Waals surface area contributed by atoms with Crippen LogP contribution in [0.1, 0.15) is 37.8 Å². The van der Waals surface area contributed by atoms with E-state index in [0.717, 1.165) is 22.3 Å². The molecule has 0 bridgehead atoms. The van der Waals surface area contributed by atoms with E-state index in [1.807, 2.05) is 36.4 Å². The molecule has 0 unspecified atom stereocenters. The van der Waals surface area contributed by atoms with Gasteiger partial charge >= 0.3 is 5.97 Å². The molecule has 0 heterocycles. The van der Waals surface area contributed by atoms with Crippen molar-refractivity contribution in [1.29, 1.82) is 0 Å². The fraction of sp³-hybridized carbons (Fsp3) is 0.318. The van der Waals surface area contributed by atoms with Crippen LogP contribution in [0.2, 0.25) is 0 Å². The minimum atomic E-state index is -1.15. The van der Waals surface area contributed by atoms with Gasteiger partial charge in [0.1, 0.15) is 17.7 Å². The Labute approximate surface area is 201 Å². The molecule has 5 nitrogen and oxygen atoms in total. The summed E-state index contributed by atoms with van der Waals surface area (Å²) in [7, 11) is 0. The zero-order valence-electron chi connectivity index (χ0n) is 16.9. The van der Waals surface area contributed by atoms with Gasteiger partial charge in [0, 0.05) is 32.0 Å². The van der Waals surface area contributed by atoms with Crippen molar-refractivity contribution in [3.63, 3.8) is 0 Å². The third-order valence-corrected chi connectivity index (χ3v) is 4.28. The number of ether oxygens (including phenoxy) is 2. The van der Waals surface area contributed by atoms with Gasteiger partial charge in [0.15, 0.2) is 0 Å². The van der Waals surface area contributed by atoms with Crippen molar-refractivity contribution in [3.05, 3.63) is 66.6 Å². The van der Waals surface area contributed by atoms with Crippen molar-refractivity contribution in [2.24, 2.45) is 4.99 Å². The summed E-state index contributed by atoms with van der Waals surface area (Å²) in [4.78, 5) is 15.6. The Morgan fingerprint density at radius 3 is 2.07 bits per heavy atom. The summed E-state index contributed by atoms with van der Waals surface area (Å²) in [5, 5.41) is 12.1. The number of nitrogens with zero attached hydrogens (tertiary/aromatic N) is 1. The van der Waals surface area contributed by atoms with E-state index in [2.05, 4.69) is 24.0 Å². The first kappa shape index (κ1) is 25.6. The SMILES string of the molecule is I.[CH2][C@H](N=C([O-])OCC1c2ccccc2-c2ccccc21)C(=O)OC(C)(C)C.[Zn]. The van der Waals surface area contributed by atoms with E-state index in [0.29, 0.717) is 0 Å². The van der Waals surface area contributed by atoms with Gasteiger partial charge in [-0.15, -0.1) is 24.0 Å². The average Bonchev–Trinajstić information content (AvgIpc) is 2.92. The molecular formula is C22H24INO4Zn-. The van der Waals surface area contributed by atoms with E-state index in [-0.39, 0.29) is 56.0 Å². The predicted octanol–water partition coefficient (Wildman–Crippen LogP) is 3.69. The largest absolute Gasteiger partial charge is 0.599 e. The first-order chi connectivity index (χ1) is 12.8. The normalized spacial score (nSPS) is 14.0. The van der Waals surface area contributed by atoms with E-state index < -0.39 is 23.7 Å². The van der Waals surface area contributed by atoms with Gasteiger partial charge < -0.3 is 14.6 Å². The number of halogens is 1. The van der Waals surface area contributed by atoms with Gasteiger partial charge in [0.2, 0.25) is 0 Å². The van der Waals surface area contributed by atoms with Crippen molar-refractivity contribution in [1.82, 2.24) is 0 Å². The molecule has 0 amide bonds. The summed E-state index contributed by atoms with van der Waals surface area (Å²) in [6.07, 6.45) is -0.817. The van der Waals surface area contributed by atoms with E-state index in [9.17, 15) is 9.90 Å². The number of fused-ring (bicyclic) bond motifs is 3. The molecule has 2 aromatic rings. The Bertz CT molecular complexity index is 834. The molecule has 0 aromatic heterocycles. The third kappa shape index (κ3) is 6.25. The van der Waals surface area contributed by atoms with E-state index in [1.165, 1.54) is 0 Å². The number of esters is 1. The molecule has 0 saturated carbocycles. The first-order valence-electron chi connectivity index (χ1n) is 8.88. The number of carbonyl (C=O) groups excluding carboxylic acids is 1. The molecule has 0 N–H and O–H groups in total. The molecule has 0 spiro atoms. The monoisotopic (exact) mass is 557 g/mol. The second kappa shape index (κ2) is 10.5. The Balaban J connectivity index is 0.00000210. The summed E-state index contributed by atoms with van der Waals surface area (Å²) >= 11 is 0. The van der Waals surface area contributed by atoms with E-state index in [1.54, 1.807) is 20.8 Å². The maximum atomic E-state index is 12.1. The number of hydrogen-bond donors (Lipinski definition) is 0. The van der Waals surface area contributed by atoms with Gasteiger partial charge in [-0.25, -0.2) is 4.79 Å². The Kier molecular flexibility index (Phi) is 9.28. The number of hydrogen-bond acceptors (Lipinski definition) is 5. The van der Waals surface area contributed by atoms with Crippen molar-refractivity contribution < 1.29 is 38.9 Å². The van der Waals surface area contributed by atoms with Crippen LogP contribution < -0.4 is 5.11 Å². The molecule has 1 radical (unpaired) electrons. The topological polar surface area (TPSA) is 71.0 Å². The second-order valence-corrected chi connectivity index (χ2v) is 7.48. The van der Waals surface area contributed by atoms with Gasteiger partial charge in [-0.3, -0.25) is 4.99 Å². The third-order valence-electron chi connectivity index (χ3n) is 4.28. The van der Waals surface area contributed by atoms with Crippen molar-refractivity contribution >= 4 is 36.0 Å². The fourth-order valence-corrected chi connectivity index (χ4v) is 3.18. The predicted molar refractivity (Wildman–Crippen MR) is 118 cm³/mol. The summed E-state index contributed by atoms with van der Waals surface area (Å²) < 4.78 is 10.5. The van der Waals surface area contributed by atoms with E-state index in [4.69, 9.17) is 9.47 Å². The Morgan fingerprint density at radius 1 is 1.10 bits per heavy atom. The zero-order chi connectivity index (χ0) is 19.6. The molecule has 0 saturated heterocycles. The molecular weight excluding hydrogens is 535 g/mol. The van der Waals surface area contributed by atoms with Crippen LogP contribution in [0.4, 0.5) is 0 Å². The molecule has 3 rings (SSSR count). The van der Waals surface area contributed by atoms with Crippen LogP contribution in [-0.4, -0.2) is 30.3 Å². The molecule has 29 heavy (non-hydrogen) atoms. The number of carbonyl (C=O) groups is 1. The molecule has 2 aromatic carbocycles. The standard InChI is InChI=1S/C22H24NO4.HI.Zn/c1-14(20(24)27-22(2,3)4)23-21(25)26-13-19-17-11-7-5-9-15(17)16-10-6-8-12-18(16)19;;/h5-12,14,19H,1,13H2,2-4H3,(H,23,25);1H;/p-1/t14-;;/m0../s1. The maximum Gasteiger partial charge on any atom is 0.331 e. The molecule has 1 atom stereocenters. The maximum absolute atomic E-state index is 12.1. The van der Waals surface area contributed by atoms with Crippen LogP contribution in [-0.2, 0) is 33.7 Å². The molecule has 0 fully saturated rings. The Morgan fingerprint density at radius 2 is 1.59 bits per heavy atom. The van der Waals surface area contributed by atoms with Crippen LogP contribution in [0, 0.1) is 6.92 Å². The minimum absolute atomic E-state index is 0.